The van der Waals surface area contributed by atoms with Gasteiger partial charge in [0.1, 0.15) is 10.8 Å². The highest BCUT2D eigenvalue weighted by Crippen LogP contribution is 2.34. The van der Waals surface area contributed by atoms with Crippen molar-refractivity contribution >= 4 is 23.1 Å². The zero-order valence-electron chi connectivity index (χ0n) is 17.9. The number of hydrogen-bond donors (Lipinski definition) is 1. The number of aromatic nitrogens is 4. The minimum Gasteiger partial charge on any atom is -0.497 e. The molecule has 2 N–H and O–H groups in total. The number of methoxy groups -OCH3 is 3. The Bertz CT molecular complexity index is 1190. The molecule has 0 aliphatic heterocycles. The Morgan fingerprint density at radius 1 is 0.969 bits per heavy atom. The van der Waals surface area contributed by atoms with Gasteiger partial charge in [-0.3, -0.25) is 0 Å². The standard InChI is InChI=1S/C22H23N5O3S2/c1-28-17-7-4-14(5-8-17)10-20-25-26-22(27(20)23)32-13-16-12-31-21(24-16)15-6-9-18(29-2)19(11-15)30-3/h4-9,11-12H,10,13,23H2,1-3H3. The van der Waals surface area contributed by atoms with Crippen LogP contribution < -0.4 is 20.1 Å². The molecule has 0 spiro atoms. The maximum absolute atomic E-state index is 6.23. The number of nitrogens with zero attached hydrogens (tertiary/aromatic N) is 4. The van der Waals surface area contributed by atoms with Crippen LogP contribution in [0.1, 0.15) is 17.1 Å². The zero-order chi connectivity index (χ0) is 22.5. The van der Waals surface area contributed by atoms with Crippen LogP contribution in [0.5, 0.6) is 17.2 Å². The number of thiazole rings is 1. The first kappa shape index (κ1) is 22.0. The Balaban J connectivity index is 1.41. The summed E-state index contributed by atoms with van der Waals surface area (Å²) in [5, 5.41) is 12.1. The second-order valence-corrected chi connectivity index (χ2v) is 8.60. The third-order valence-corrected chi connectivity index (χ3v) is 6.70. The summed E-state index contributed by atoms with van der Waals surface area (Å²) >= 11 is 3.08. The molecule has 0 unspecified atom stereocenters. The van der Waals surface area contributed by atoms with Crippen molar-refractivity contribution in [3.8, 4) is 27.8 Å². The van der Waals surface area contributed by atoms with Crippen LogP contribution in [0.4, 0.5) is 0 Å². The monoisotopic (exact) mass is 469 g/mol. The fraction of sp³-hybridized carbons (Fsp3) is 0.227. The number of nitrogens with two attached hydrogens (primary N) is 1. The first-order valence-electron chi connectivity index (χ1n) is 9.73. The molecule has 2 heterocycles. The largest absolute Gasteiger partial charge is 0.497 e. The van der Waals surface area contributed by atoms with Crippen molar-refractivity contribution in [1.29, 1.82) is 0 Å². The van der Waals surface area contributed by atoms with Gasteiger partial charge in [0.05, 0.1) is 27.0 Å². The number of ether oxygens (including phenoxy) is 3. The van der Waals surface area contributed by atoms with Gasteiger partial charge in [-0.2, -0.15) is 0 Å². The number of hydrogen-bond acceptors (Lipinski definition) is 9. The summed E-state index contributed by atoms with van der Waals surface area (Å²) in [4.78, 5) is 4.74. The molecule has 0 aliphatic rings. The van der Waals surface area contributed by atoms with Crippen LogP contribution in [0.3, 0.4) is 0 Å². The predicted molar refractivity (Wildman–Crippen MR) is 126 cm³/mol. The lowest BCUT2D eigenvalue weighted by molar-refractivity contribution is 0.355. The molecule has 8 nitrogen and oxygen atoms in total. The summed E-state index contributed by atoms with van der Waals surface area (Å²) < 4.78 is 17.4. The third-order valence-electron chi connectivity index (χ3n) is 4.79. The van der Waals surface area contributed by atoms with Gasteiger partial charge in [-0.1, -0.05) is 23.9 Å². The molecule has 2 aromatic carbocycles. The topological polar surface area (TPSA) is 97.3 Å². The number of rotatable bonds is 9. The molecule has 4 aromatic rings. The quantitative estimate of drug-likeness (QED) is 0.290. The average Bonchev–Trinajstić information content (AvgIpc) is 3.44. The molecule has 0 radical (unpaired) electrons. The molecule has 0 bridgehead atoms. The van der Waals surface area contributed by atoms with Gasteiger partial charge < -0.3 is 20.1 Å². The molecule has 0 fully saturated rings. The van der Waals surface area contributed by atoms with E-state index in [1.807, 2.05) is 47.8 Å². The van der Waals surface area contributed by atoms with E-state index in [9.17, 15) is 0 Å². The van der Waals surface area contributed by atoms with E-state index in [0.29, 0.717) is 34.7 Å². The van der Waals surface area contributed by atoms with Crippen LogP contribution in [0.2, 0.25) is 0 Å². The van der Waals surface area contributed by atoms with Gasteiger partial charge in [-0.15, -0.1) is 21.5 Å². The minimum atomic E-state index is 0.591. The number of thioether (sulfide) groups is 1. The third kappa shape index (κ3) is 4.81. The zero-order valence-corrected chi connectivity index (χ0v) is 19.6. The Hall–Kier alpha value is -3.24. The predicted octanol–water partition coefficient (Wildman–Crippen LogP) is 4.02. The normalized spacial score (nSPS) is 10.8. The second-order valence-electron chi connectivity index (χ2n) is 6.80. The molecule has 10 heteroatoms. The molecule has 2 aromatic heterocycles. The summed E-state index contributed by atoms with van der Waals surface area (Å²) in [6.07, 6.45) is 0.591. The maximum atomic E-state index is 6.23. The fourth-order valence-corrected chi connectivity index (χ4v) is 4.76. The first-order valence-corrected chi connectivity index (χ1v) is 11.6. The van der Waals surface area contributed by atoms with Gasteiger partial charge in [0.25, 0.3) is 0 Å². The van der Waals surface area contributed by atoms with Gasteiger partial charge in [0, 0.05) is 23.1 Å². The lowest BCUT2D eigenvalue weighted by Gasteiger charge is -2.08. The minimum absolute atomic E-state index is 0.591. The summed E-state index contributed by atoms with van der Waals surface area (Å²) in [5.41, 5.74) is 3.01. The SMILES string of the molecule is COc1ccc(Cc2nnc(SCc3csc(-c4ccc(OC)c(OC)c4)n3)n2N)cc1. The summed E-state index contributed by atoms with van der Waals surface area (Å²) in [7, 11) is 4.89. The van der Waals surface area contributed by atoms with Crippen LogP contribution in [0.25, 0.3) is 10.6 Å². The highest BCUT2D eigenvalue weighted by atomic mass is 32.2. The molecule has 32 heavy (non-hydrogen) atoms. The van der Waals surface area contributed by atoms with Gasteiger partial charge in [0.2, 0.25) is 5.16 Å². The summed E-state index contributed by atoms with van der Waals surface area (Å²) in [6.45, 7) is 0. The van der Waals surface area contributed by atoms with Crippen molar-refractivity contribution in [2.45, 2.75) is 17.3 Å². The van der Waals surface area contributed by atoms with Crippen molar-refractivity contribution in [1.82, 2.24) is 19.9 Å². The molecule has 0 saturated heterocycles. The van der Waals surface area contributed by atoms with Crippen LogP contribution in [-0.4, -0.2) is 41.2 Å². The van der Waals surface area contributed by atoms with Crippen molar-refractivity contribution in [2.75, 3.05) is 27.2 Å². The molecule has 0 amide bonds. The Kier molecular flexibility index (Phi) is 6.81. The second kappa shape index (κ2) is 9.92. The highest BCUT2D eigenvalue weighted by molar-refractivity contribution is 7.98. The molecule has 166 valence electrons. The van der Waals surface area contributed by atoms with Crippen LogP contribution in [-0.2, 0) is 12.2 Å². The average molecular weight is 470 g/mol. The van der Waals surface area contributed by atoms with Crippen LogP contribution in [0, 0.1) is 0 Å². The van der Waals surface area contributed by atoms with Gasteiger partial charge in [0.15, 0.2) is 17.3 Å². The maximum Gasteiger partial charge on any atom is 0.210 e. The Morgan fingerprint density at radius 2 is 1.75 bits per heavy atom. The molecule has 0 saturated carbocycles. The van der Waals surface area contributed by atoms with Crippen LogP contribution >= 0.6 is 23.1 Å². The van der Waals surface area contributed by atoms with E-state index < -0.39 is 0 Å². The van der Waals surface area contributed by atoms with Crippen molar-refractivity contribution < 1.29 is 14.2 Å². The van der Waals surface area contributed by atoms with E-state index in [1.165, 1.54) is 16.4 Å². The Labute approximate surface area is 194 Å². The van der Waals surface area contributed by atoms with Crippen molar-refractivity contribution in [3.05, 3.63) is 64.9 Å². The Morgan fingerprint density at radius 3 is 2.47 bits per heavy atom. The summed E-state index contributed by atoms with van der Waals surface area (Å²) in [5.74, 6) is 9.75. The smallest absolute Gasteiger partial charge is 0.210 e. The summed E-state index contributed by atoms with van der Waals surface area (Å²) in [6, 6.07) is 13.6. The molecular formula is C22H23N5O3S2. The van der Waals surface area contributed by atoms with E-state index in [0.717, 1.165) is 27.6 Å². The number of nitrogen functional groups attached to an aromatic ring is 1. The lowest BCUT2D eigenvalue weighted by atomic mass is 10.1. The van der Waals surface area contributed by atoms with Gasteiger partial charge in [-0.05, 0) is 35.9 Å². The lowest BCUT2D eigenvalue weighted by Crippen LogP contribution is -2.14. The van der Waals surface area contributed by atoms with Gasteiger partial charge in [-0.25, -0.2) is 9.66 Å². The van der Waals surface area contributed by atoms with E-state index in [-0.39, 0.29) is 0 Å². The van der Waals surface area contributed by atoms with Crippen molar-refractivity contribution in [2.24, 2.45) is 0 Å². The molecule has 4 rings (SSSR count). The van der Waals surface area contributed by atoms with Crippen LogP contribution in [0.15, 0.2) is 53.0 Å². The van der Waals surface area contributed by atoms with E-state index in [2.05, 4.69) is 10.2 Å². The van der Waals surface area contributed by atoms with E-state index >= 15 is 0 Å². The van der Waals surface area contributed by atoms with Crippen molar-refractivity contribution in [3.63, 3.8) is 0 Å². The molecule has 0 aliphatic carbocycles. The van der Waals surface area contributed by atoms with Gasteiger partial charge >= 0.3 is 0 Å². The van der Waals surface area contributed by atoms with E-state index in [1.54, 1.807) is 32.7 Å². The first-order chi connectivity index (χ1) is 15.6. The fourth-order valence-electron chi connectivity index (χ4n) is 3.07. The van der Waals surface area contributed by atoms with E-state index in [4.69, 9.17) is 25.0 Å². The molecule has 0 atom stereocenters. The molecular weight excluding hydrogens is 446 g/mol. The highest BCUT2D eigenvalue weighted by Gasteiger charge is 2.14. The number of benzene rings is 2.